The van der Waals surface area contributed by atoms with E-state index in [0.29, 0.717) is 31.6 Å². The molecule has 0 aliphatic heterocycles. The van der Waals surface area contributed by atoms with Crippen LogP contribution in [0.15, 0.2) is 0 Å². The number of ether oxygens (including phenoxy) is 4. The van der Waals surface area contributed by atoms with Crippen LogP contribution in [0.2, 0.25) is 0 Å². The Kier molecular flexibility index (Phi) is 71.5. The second-order valence-corrected chi connectivity index (χ2v) is 34.3. The van der Waals surface area contributed by atoms with Gasteiger partial charge in [-0.1, -0.05) is 383 Å². The normalized spacial score (nSPS) is 14.8. The third-order valence-electron chi connectivity index (χ3n) is 20.7. The molecule has 0 rings (SSSR count). The number of hydrogen-bond donors (Lipinski definition) is 3. The van der Waals surface area contributed by atoms with Gasteiger partial charge in [-0.3, -0.25) is 37.3 Å². The van der Waals surface area contributed by atoms with Crippen molar-refractivity contribution in [2.24, 2.45) is 23.7 Å². The zero-order chi connectivity index (χ0) is 76.0. The molecule has 103 heavy (non-hydrogen) atoms. The minimum atomic E-state index is -4.96. The van der Waals surface area contributed by atoms with Gasteiger partial charge in [0.05, 0.1) is 26.4 Å². The van der Waals surface area contributed by atoms with E-state index in [0.717, 1.165) is 120 Å². The standard InChI is InChI=1S/C84H164O17P2/c1-9-75(6)61-53-45-36-32-28-24-20-16-12-14-18-22-26-30-34-38-50-58-66-83(88)100-79(70-94-81(86)64-56-48-42-40-44-52-60-74(4)5)72-98-102(90,91)96-68-78(85)69-97-103(92,93)99-73-80(71-95-82(87)65-57-49-43-41-47-55-63-77(8)11-3)101-84(89)67-59-51-39-35-31-27-23-19-15-13-17-21-25-29-33-37-46-54-62-76(7)10-2/h74-80,85H,9-73H2,1-8H3,(H,90,91)(H,92,93)/t75?,76?,77?,78-,79+,80+/m0/s1. The van der Waals surface area contributed by atoms with E-state index in [-0.39, 0.29) is 25.7 Å². The molecule has 0 amide bonds. The summed E-state index contributed by atoms with van der Waals surface area (Å²) in [7, 11) is -9.92. The van der Waals surface area contributed by atoms with Gasteiger partial charge in [0.2, 0.25) is 0 Å². The van der Waals surface area contributed by atoms with Gasteiger partial charge in [0.15, 0.2) is 12.2 Å². The van der Waals surface area contributed by atoms with Crippen molar-refractivity contribution in [1.82, 2.24) is 0 Å². The van der Waals surface area contributed by atoms with E-state index in [1.807, 2.05) is 0 Å². The highest BCUT2D eigenvalue weighted by Gasteiger charge is 2.30. The average Bonchev–Trinajstić information content (AvgIpc) is 0.907. The Balaban J connectivity index is 5.11. The predicted octanol–water partition coefficient (Wildman–Crippen LogP) is 25.2. The van der Waals surface area contributed by atoms with Gasteiger partial charge in [-0.15, -0.1) is 0 Å². The van der Waals surface area contributed by atoms with E-state index in [2.05, 4.69) is 55.4 Å². The number of carbonyl (C=O) groups excluding carboxylic acids is 4. The van der Waals surface area contributed by atoms with Crippen molar-refractivity contribution in [3.63, 3.8) is 0 Å². The largest absolute Gasteiger partial charge is 0.472 e. The third-order valence-corrected chi connectivity index (χ3v) is 22.6. The lowest BCUT2D eigenvalue weighted by Gasteiger charge is -2.21. The molecule has 17 nitrogen and oxygen atoms in total. The van der Waals surface area contributed by atoms with Gasteiger partial charge in [0, 0.05) is 25.7 Å². The van der Waals surface area contributed by atoms with Crippen LogP contribution in [0.4, 0.5) is 0 Å². The number of rotatable bonds is 81. The van der Waals surface area contributed by atoms with E-state index >= 15 is 0 Å². The fourth-order valence-corrected chi connectivity index (χ4v) is 14.4. The lowest BCUT2D eigenvalue weighted by molar-refractivity contribution is -0.161. The van der Waals surface area contributed by atoms with Crippen LogP contribution >= 0.6 is 15.6 Å². The zero-order valence-corrected chi connectivity index (χ0v) is 69.7. The minimum Gasteiger partial charge on any atom is -0.462 e. The number of carbonyl (C=O) groups is 4. The van der Waals surface area contributed by atoms with E-state index in [1.54, 1.807) is 0 Å². The van der Waals surface area contributed by atoms with Gasteiger partial charge in [-0.2, -0.15) is 0 Å². The number of aliphatic hydroxyl groups is 1. The molecule has 3 N–H and O–H groups in total. The number of esters is 4. The van der Waals surface area contributed by atoms with Crippen molar-refractivity contribution in [2.45, 2.75) is 453 Å². The summed E-state index contributed by atoms with van der Waals surface area (Å²) >= 11 is 0. The van der Waals surface area contributed by atoms with Gasteiger partial charge in [-0.05, 0) is 49.4 Å². The molecule has 19 heteroatoms. The summed E-state index contributed by atoms with van der Waals surface area (Å²) in [5.74, 6) is 1.04. The highest BCUT2D eigenvalue weighted by molar-refractivity contribution is 7.47. The molecule has 0 aromatic carbocycles. The molecule has 0 fully saturated rings. The maximum atomic E-state index is 13.1. The number of hydrogen-bond acceptors (Lipinski definition) is 15. The summed E-state index contributed by atoms with van der Waals surface area (Å²) in [5.41, 5.74) is 0. The molecule has 0 aromatic rings. The Morgan fingerprint density at radius 3 is 0.689 bits per heavy atom. The summed E-state index contributed by atoms with van der Waals surface area (Å²) in [4.78, 5) is 73.0. The van der Waals surface area contributed by atoms with E-state index in [1.165, 1.54) is 225 Å². The predicted molar refractivity (Wildman–Crippen MR) is 423 cm³/mol. The van der Waals surface area contributed by atoms with Crippen LogP contribution in [0, 0.1) is 23.7 Å². The van der Waals surface area contributed by atoms with Crippen LogP contribution < -0.4 is 0 Å². The molecule has 8 atom stereocenters. The summed E-state index contributed by atoms with van der Waals surface area (Å²) in [6, 6.07) is 0. The van der Waals surface area contributed by atoms with Crippen molar-refractivity contribution in [3.8, 4) is 0 Å². The Labute approximate surface area is 632 Å². The number of unbranched alkanes of at least 4 members (excludes halogenated alkanes) is 44. The summed E-state index contributed by atoms with van der Waals surface area (Å²) in [5, 5.41) is 10.6. The molecule has 0 aromatic heterocycles. The highest BCUT2D eigenvalue weighted by atomic mass is 31.2. The molecule has 0 heterocycles. The summed E-state index contributed by atoms with van der Waals surface area (Å²) in [6.07, 6.45) is 61.4. The Bertz CT molecular complexity index is 2010. The first kappa shape index (κ1) is 101. The van der Waals surface area contributed by atoms with Crippen LogP contribution in [-0.4, -0.2) is 96.7 Å². The molecule has 0 saturated heterocycles. The first-order valence-corrected chi connectivity index (χ1v) is 46.3. The van der Waals surface area contributed by atoms with Crippen molar-refractivity contribution < 1.29 is 80.2 Å². The average molecular weight is 1510 g/mol. The fourth-order valence-electron chi connectivity index (χ4n) is 12.9. The van der Waals surface area contributed by atoms with Crippen LogP contribution in [-0.2, 0) is 65.4 Å². The number of phosphoric ester groups is 2. The lowest BCUT2D eigenvalue weighted by Crippen LogP contribution is -2.30. The van der Waals surface area contributed by atoms with Crippen molar-refractivity contribution >= 4 is 39.5 Å². The second-order valence-electron chi connectivity index (χ2n) is 31.4. The van der Waals surface area contributed by atoms with Crippen LogP contribution in [0.1, 0.15) is 434 Å². The summed E-state index contributed by atoms with van der Waals surface area (Å²) < 4.78 is 68.7. The smallest absolute Gasteiger partial charge is 0.462 e. The molecule has 5 unspecified atom stereocenters. The van der Waals surface area contributed by atoms with Gasteiger partial charge in [-0.25, -0.2) is 9.13 Å². The minimum absolute atomic E-state index is 0.107. The maximum Gasteiger partial charge on any atom is 0.472 e. The molecular formula is C84H164O17P2. The molecule has 0 aliphatic carbocycles. The topological polar surface area (TPSA) is 237 Å². The molecule has 0 aliphatic rings. The second kappa shape index (κ2) is 72.9. The Morgan fingerprint density at radius 1 is 0.272 bits per heavy atom. The van der Waals surface area contributed by atoms with E-state index in [9.17, 15) is 43.2 Å². The third kappa shape index (κ3) is 74.0. The van der Waals surface area contributed by atoms with Crippen molar-refractivity contribution in [3.05, 3.63) is 0 Å². The first-order valence-electron chi connectivity index (χ1n) is 43.3. The van der Waals surface area contributed by atoms with E-state index < -0.39 is 97.5 Å². The molecule has 0 radical (unpaired) electrons. The van der Waals surface area contributed by atoms with Crippen molar-refractivity contribution in [2.75, 3.05) is 39.6 Å². The number of aliphatic hydroxyl groups excluding tert-OH is 1. The first-order chi connectivity index (χ1) is 49.7. The highest BCUT2D eigenvalue weighted by Crippen LogP contribution is 2.45. The SMILES string of the molecule is CCC(C)CCCCCCCCCCCCCCCCCCCCC(=O)O[C@H](COC(=O)CCCCCCCCC(C)C)COP(=O)(O)OC[C@H](O)COP(=O)(O)OC[C@@H](COC(=O)CCCCCCCCC(C)CC)OC(=O)CCCCCCCCCCCCCCCCCCCCC(C)CC. The van der Waals surface area contributed by atoms with Gasteiger partial charge < -0.3 is 33.8 Å². The van der Waals surface area contributed by atoms with Gasteiger partial charge in [0.25, 0.3) is 0 Å². The molecule has 0 spiro atoms. The molecular weight excluding hydrogens is 1340 g/mol. The monoisotopic (exact) mass is 1510 g/mol. The Hall–Kier alpha value is -1.94. The fraction of sp³-hybridized carbons (Fsp3) is 0.952. The van der Waals surface area contributed by atoms with Gasteiger partial charge >= 0.3 is 39.5 Å². The van der Waals surface area contributed by atoms with Crippen molar-refractivity contribution in [1.29, 1.82) is 0 Å². The van der Waals surface area contributed by atoms with Gasteiger partial charge in [0.1, 0.15) is 19.3 Å². The molecule has 612 valence electrons. The van der Waals surface area contributed by atoms with E-state index in [4.69, 9.17) is 37.0 Å². The molecule has 0 bridgehead atoms. The lowest BCUT2D eigenvalue weighted by atomic mass is 9.99. The van der Waals surface area contributed by atoms with Crippen LogP contribution in [0.25, 0.3) is 0 Å². The molecule has 0 saturated carbocycles. The quantitative estimate of drug-likeness (QED) is 0.0222. The Morgan fingerprint density at radius 2 is 0.466 bits per heavy atom. The zero-order valence-electron chi connectivity index (χ0n) is 68.0. The van der Waals surface area contributed by atoms with Crippen LogP contribution in [0.5, 0.6) is 0 Å². The maximum absolute atomic E-state index is 13.1. The number of phosphoric acid groups is 2. The summed E-state index contributed by atoms with van der Waals surface area (Å²) in [6.45, 7) is 14.3. The van der Waals surface area contributed by atoms with Crippen LogP contribution in [0.3, 0.4) is 0 Å².